The molecule has 2 aliphatic heterocycles. The largest absolute Gasteiger partial charge is 0.336 e. The van der Waals surface area contributed by atoms with Crippen LogP contribution in [0.1, 0.15) is 34.8 Å². The Bertz CT molecular complexity index is 922. The van der Waals surface area contributed by atoms with Crippen LogP contribution in [0.2, 0.25) is 5.02 Å². The number of carbonyl (C=O) groups excluding carboxylic acids is 2. The van der Waals surface area contributed by atoms with E-state index in [0.29, 0.717) is 13.0 Å². The van der Waals surface area contributed by atoms with Gasteiger partial charge in [0, 0.05) is 62.0 Å². The predicted octanol–water partition coefficient (Wildman–Crippen LogP) is 3.60. The monoisotopic (exact) mass is 411 g/mol. The molecule has 0 saturated carbocycles. The van der Waals surface area contributed by atoms with Crippen molar-refractivity contribution in [3.05, 3.63) is 64.2 Å². The zero-order chi connectivity index (χ0) is 20.4. The molecule has 0 atom stereocenters. The number of carbonyl (C=O) groups is 2. The normalized spacial score (nSPS) is 16.8. The second-order valence-electron chi connectivity index (χ2n) is 7.69. The van der Waals surface area contributed by atoms with Gasteiger partial charge in [-0.15, -0.1) is 0 Å². The summed E-state index contributed by atoms with van der Waals surface area (Å²) in [6, 6.07) is 13.7. The van der Waals surface area contributed by atoms with Crippen LogP contribution in [0.3, 0.4) is 0 Å². The number of fused-ring (bicyclic) bond motifs is 1. The van der Waals surface area contributed by atoms with E-state index in [1.165, 1.54) is 5.56 Å². The van der Waals surface area contributed by atoms with Gasteiger partial charge in [0.05, 0.1) is 0 Å². The molecule has 1 fully saturated rings. The highest BCUT2D eigenvalue weighted by molar-refractivity contribution is 6.30. The van der Waals surface area contributed by atoms with Crippen molar-refractivity contribution < 1.29 is 9.59 Å². The number of benzene rings is 2. The lowest BCUT2D eigenvalue weighted by Crippen LogP contribution is -2.48. The number of piperazine rings is 1. The number of rotatable bonds is 4. The summed E-state index contributed by atoms with van der Waals surface area (Å²) in [7, 11) is 0. The van der Waals surface area contributed by atoms with Crippen LogP contribution in [0.15, 0.2) is 42.5 Å². The van der Waals surface area contributed by atoms with Crippen molar-refractivity contribution in [3.63, 3.8) is 0 Å². The first-order valence-electron chi connectivity index (χ1n) is 10.2. The Morgan fingerprint density at radius 3 is 2.52 bits per heavy atom. The molecule has 0 bridgehead atoms. The summed E-state index contributed by atoms with van der Waals surface area (Å²) < 4.78 is 0. The summed E-state index contributed by atoms with van der Waals surface area (Å²) in [6.07, 6.45) is 1.31. The van der Waals surface area contributed by atoms with Crippen molar-refractivity contribution in [2.24, 2.45) is 0 Å². The summed E-state index contributed by atoms with van der Waals surface area (Å²) in [5, 5.41) is 0.757. The van der Waals surface area contributed by atoms with Crippen LogP contribution >= 0.6 is 11.6 Å². The van der Waals surface area contributed by atoms with E-state index in [0.717, 1.165) is 61.0 Å². The number of hydrogen-bond acceptors (Lipinski definition) is 3. The molecular weight excluding hydrogens is 386 g/mol. The molecule has 29 heavy (non-hydrogen) atoms. The SMILES string of the molecule is CCC(=O)N1CCc2cc(C(=O)N3CCN(Cc4cccc(Cl)c4)CC3)ccc21. The molecule has 4 rings (SSSR count). The third-order valence-electron chi connectivity index (χ3n) is 5.78. The van der Waals surface area contributed by atoms with E-state index in [4.69, 9.17) is 11.6 Å². The highest BCUT2D eigenvalue weighted by Gasteiger charge is 2.26. The van der Waals surface area contributed by atoms with E-state index in [-0.39, 0.29) is 11.8 Å². The maximum Gasteiger partial charge on any atom is 0.253 e. The van der Waals surface area contributed by atoms with Gasteiger partial charge >= 0.3 is 0 Å². The minimum atomic E-state index is 0.0791. The lowest BCUT2D eigenvalue weighted by atomic mass is 10.1. The molecule has 152 valence electrons. The third kappa shape index (κ3) is 4.31. The molecule has 2 heterocycles. The minimum Gasteiger partial charge on any atom is -0.336 e. The lowest BCUT2D eigenvalue weighted by molar-refractivity contribution is -0.118. The molecule has 1 saturated heterocycles. The van der Waals surface area contributed by atoms with Gasteiger partial charge in [0.15, 0.2) is 0 Å². The zero-order valence-corrected chi connectivity index (χ0v) is 17.5. The molecule has 0 spiro atoms. The third-order valence-corrected chi connectivity index (χ3v) is 6.02. The molecular formula is C23H26ClN3O2. The van der Waals surface area contributed by atoms with Crippen LogP contribution in [0.5, 0.6) is 0 Å². The lowest BCUT2D eigenvalue weighted by Gasteiger charge is -2.35. The van der Waals surface area contributed by atoms with Crippen molar-refractivity contribution in [3.8, 4) is 0 Å². The fourth-order valence-electron chi connectivity index (χ4n) is 4.17. The van der Waals surface area contributed by atoms with E-state index in [2.05, 4.69) is 11.0 Å². The number of nitrogens with zero attached hydrogens (tertiary/aromatic N) is 3. The summed E-state index contributed by atoms with van der Waals surface area (Å²) in [5.41, 5.74) is 3.97. The first-order valence-corrected chi connectivity index (χ1v) is 10.6. The average Bonchev–Trinajstić information content (AvgIpc) is 3.16. The number of anilines is 1. The Kier molecular flexibility index (Phi) is 5.88. The van der Waals surface area contributed by atoms with E-state index >= 15 is 0 Å². The standard InChI is InChI=1S/C23H26ClN3O2/c1-2-22(28)27-9-8-18-15-19(6-7-21(18)27)23(29)26-12-10-25(11-13-26)16-17-4-3-5-20(24)14-17/h3-7,14-15H,2,8-13,16H2,1H3. The van der Waals surface area contributed by atoms with Gasteiger partial charge < -0.3 is 9.80 Å². The Morgan fingerprint density at radius 1 is 1.00 bits per heavy atom. The zero-order valence-electron chi connectivity index (χ0n) is 16.7. The van der Waals surface area contributed by atoms with Crippen LogP contribution in [0.25, 0.3) is 0 Å². The molecule has 0 N–H and O–H groups in total. The van der Waals surface area contributed by atoms with Crippen LogP contribution in [-0.4, -0.2) is 54.3 Å². The molecule has 2 aliphatic rings. The minimum absolute atomic E-state index is 0.0791. The molecule has 0 aliphatic carbocycles. The molecule has 5 nitrogen and oxygen atoms in total. The number of amides is 2. The second-order valence-corrected chi connectivity index (χ2v) is 8.13. The Balaban J connectivity index is 1.37. The fraction of sp³-hybridized carbons (Fsp3) is 0.391. The molecule has 0 aromatic heterocycles. The second kappa shape index (κ2) is 8.56. The first kappa shape index (κ1) is 19.9. The molecule has 0 radical (unpaired) electrons. The number of hydrogen-bond donors (Lipinski definition) is 0. The topological polar surface area (TPSA) is 43.9 Å². The van der Waals surface area contributed by atoms with Gasteiger partial charge in [-0.1, -0.05) is 30.7 Å². The van der Waals surface area contributed by atoms with Crippen molar-refractivity contribution in [2.75, 3.05) is 37.6 Å². The van der Waals surface area contributed by atoms with Crippen LogP contribution in [-0.2, 0) is 17.8 Å². The quantitative estimate of drug-likeness (QED) is 0.772. The molecule has 2 aromatic rings. The fourth-order valence-corrected chi connectivity index (χ4v) is 4.38. The molecule has 2 amide bonds. The average molecular weight is 412 g/mol. The van der Waals surface area contributed by atoms with Gasteiger partial charge in [0.25, 0.3) is 5.91 Å². The van der Waals surface area contributed by atoms with E-state index in [9.17, 15) is 9.59 Å². The van der Waals surface area contributed by atoms with Gasteiger partial charge in [-0.25, -0.2) is 0 Å². The molecule has 6 heteroatoms. The van der Waals surface area contributed by atoms with Crippen molar-refractivity contribution >= 4 is 29.1 Å². The van der Waals surface area contributed by atoms with Gasteiger partial charge in [0.2, 0.25) is 5.91 Å². The predicted molar refractivity (Wildman–Crippen MR) is 115 cm³/mol. The van der Waals surface area contributed by atoms with Crippen LogP contribution in [0.4, 0.5) is 5.69 Å². The Labute approximate surface area is 176 Å². The summed E-state index contributed by atoms with van der Waals surface area (Å²) in [5.74, 6) is 0.217. The van der Waals surface area contributed by atoms with Gasteiger partial charge in [-0.2, -0.15) is 0 Å². The van der Waals surface area contributed by atoms with Crippen molar-refractivity contribution in [2.45, 2.75) is 26.3 Å². The van der Waals surface area contributed by atoms with E-state index in [1.807, 2.05) is 53.1 Å². The van der Waals surface area contributed by atoms with Crippen LogP contribution in [0, 0.1) is 0 Å². The van der Waals surface area contributed by atoms with Crippen molar-refractivity contribution in [1.29, 1.82) is 0 Å². The summed E-state index contributed by atoms with van der Waals surface area (Å²) in [6.45, 7) is 6.58. The highest BCUT2D eigenvalue weighted by Crippen LogP contribution is 2.30. The Morgan fingerprint density at radius 2 is 1.79 bits per heavy atom. The van der Waals surface area contributed by atoms with Gasteiger partial charge in [0.1, 0.15) is 0 Å². The number of halogens is 1. The summed E-state index contributed by atoms with van der Waals surface area (Å²) in [4.78, 5) is 31.2. The molecule has 0 unspecified atom stereocenters. The van der Waals surface area contributed by atoms with E-state index in [1.54, 1.807) is 0 Å². The first-order chi connectivity index (χ1) is 14.0. The smallest absolute Gasteiger partial charge is 0.253 e. The van der Waals surface area contributed by atoms with Gasteiger partial charge in [-0.3, -0.25) is 14.5 Å². The molecule has 2 aromatic carbocycles. The Hall–Kier alpha value is -2.37. The van der Waals surface area contributed by atoms with Crippen molar-refractivity contribution in [1.82, 2.24) is 9.80 Å². The highest BCUT2D eigenvalue weighted by atomic mass is 35.5. The summed E-state index contributed by atoms with van der Waals surface area (Å²) >= 11 is 6.08. The van der Waals surface area contributed by atoms with Crippen LogP contribution < -0.4 is 4.90 Å². The maximum atomic E-state index is 13.0. The maximum absolute atomic E-state index is 13.0. The van der Waals surface area contributed by atoms with Gasteiger partial charge in [-0.05, 0) is 47.9 Å². The van der Waals surface area contributed by atoms with E-state index < -0.39 is 0 Å².